The number of allylic oxidation sites excluding steroid dienone is 2. The van der Waals surface area contributed by atoms with Crippen molar-refractivity contribution in [3.63, 3.8) is 0 Å². The second-order valence-electron chi connectivity index (χ2n) is 5.41. The molecule has 4 nitrogen and oxygen atoms in total. The summed E-state index contributed by atoms with van der Waals surface area (Å²) in [6.07, 6.45) is 5.39. The summed E-state index contributed by atoms with van der Waals surface area (Å²) < 4.78 is 0. The Morgan fingerprint density at radius 1 is 1.10 bits per heavy atom. The Morgan fingerprint density at radius 2 is 1.70 bits per heavy atom. The molecule has 104 valence electrons. The van der Waals surface area contributed by atoms with Gasteiger partial charge in [0.05, 0.1) is 18.5 Å². The van der Waals surface area contributed by atoms with Crippen molar-refractivity contribution < 1.29 is 9.59 Å². The Kier molecular flexibility index (Phi) is 3.30. The van der Waals surface area contributed by atoms with E-state index in [0.717, 1.165) is 11.3 Å². The average Bonchev–Trinajstić information content (AvgIpc) is 2.71. The lowest BCUT2D eigenvalue weighted by atomic mass is 9.85. The molecule has 0 spiro atoms. The normalized spacial score (nSPS) is 24.9. The van der Waals surface area contributed by atoms with Crippen molar-refractivity contribution in [3.05, 3.63) is 42.0 Å². The van der Waals surface area contributed by atoms with E-state index in [9.17, 15) is 9.59 Å². The van der Waals surface area contributed by atoms with Crippen LogP contribution >= 0.6 is 0 Å². The molecule has 0 saturated carbocycles. The van der Waals surface area contributed by atoms with Crippen LogP contribution in [0.15, 0.2) is 36.4 Å². The molecule has 4 heteroatoms. The number of benzene rings is 1. The number of nitrogens with one attached hydrogen (secondary N) is 1. The molecule has 1 saturated heterocycles. The second kappa shape index (κ2) is 5.12. The van der Waals surface area contributed by atoms with Crippen LogP contribution in [0.25, 0.3) is 0 Å². The summed E-state index contributed by atoms with van der Waals surface area (Å²) in [7, 11) is 0. The van der Waals surface area contributed by atoms with Gasteiger partial charge in [-0.25, -0.2) is 0 Å². The first-order valence-electron chi connectivity index (χ1n) is 6.98. The third kappa shape index (κ3) is 2.11. The number of nitrogens with zero attached hydrogens (tertiary/aromatic N) is 1. The fourth-order valence-electron chi connectivity index (χ4n) is 2.96. The minimum absolute atomic E-state index is 0.0366. The van der Waals surface area contributed by atoms with Crippen LogP contribution in [-0.4, -0.2) is 23.4 Å². The Labute approximate surface area is 118 Å². The predicted molar refractivity (Wildman–Crippen MR) is 76.9 cm³/mol. The number of rotatable bonds is 3. The van der Waals surface area contributed by atoms with Crippen LogP contribution in [-0.2, 0) is 9.59 Å². The molecule has 0 aromatic heterocycles. The van der Waals surface area contributed by atoms with Crippen molar-refractivity contribution in [1.82, 2.24) is 4.90 Å². The first-order chi connectivity index (χ1) is 9.68. The molecule has 1 aromatic carbocycles. The van der Waals surface area contributed by atoms with Crippen LogP contribution in [0.3, 0.4) is 0 Å². The lowest BCUT2D eigenvalue weighted by Crippen LogP contribution is -2.35. The zero-order chi connectivity index (χ0) is 14.1. The number of carbonyl (C=O) groups is 2. The smallest absolute Gasteiger partial charge is 0.234 e. The summed E-state index contributed by atoms with van der Waals surface area (Å²) in [6, 6.07) is 7.86. The summed E-state index contributed by atoms with van der Waals surface area (Å²) in [5.41, 5.74) is 2.06. The zero-order valence-electron chi connectivity index (χ0n) is 11.5. The van der Waals surface area contributed by atoms with Gasteiger partial charge < -0.3 is 5.32 Å². The highest BCUT2D eigenvalue weighted by atomic mass is 16.2. The minimum atomic E-state index is -0.147. The molecule has 1 aromatic rings. The first kappa shape index (κ1) is 12.9. The maximum absolute atomic E-state index is 12.3. The monoisotopic (exact) mass is 270 g/mol. The first-order valence-corrected chi connectivity index (χ1v) is 6.98. The van der Waals surface area contributed by atoms with Gasteiger partial charge in [0, 0.05) is 5.69 Å². The molecule has 2 aliphatic rings. The number of hydrogen-bond donors (Lipinski definition) is 1. The molecule has 3 rings (SSSR count). The number of para-hydroxylation sites is 1. The van der Waals surface area contributed by atoms with Gasteiger partial charge in [-0.1, -0.05) is 30.4 Å². The number of hydrogen-bond acceptors (Lipinski definition) is 3. The second-order valence-corrected chi connectivity index (χ2v) is 5.41. The molecular weight excluding hydrogens is 252 g/mol. The number of likely N-dealkylation sites (tertiary alicyclic amines) is 1. The summed E-state index contributed by atoms with van der Waals surface area (Å²) in [6.45, 7) is 2.26. The van der Waals surface area contributed by atoms with E-state index in [1.165, 1.54) is 4.90 Å². The quantitative estimate of drug-likeness (QED) is 0.677. The van der Waals surface area contributed by atoms with Crippen LogP contribution in [0.5, 0.6) is 0 Å². The van der Waals surface area contributed by atoms with Crippen LogP contribution < -0.4 is 5.32 Å². The molecule has 1 aliphatic carbocycles. The van der Waals surface area contributed by atoms with Crippen LogP contribution in [0.4, 0.5) is 5.69 Å². The third-order valence-corrected chi connectivity index (χ3v) is 4.17. The lowest BCUT2D eigenvalue weighted by molar-refractivity contribution is -0.139. The van der Waals surface area contributed by atoms with Crippen molar-refractivity contribution in [3.8, 4) is 0 Å². The van der Waals surface area contributed by atoms with Gasteiger partial charge in [0.25, 0.3) is 0 Å². The zero-order valence-corrected chi connectivity index (χ0v) is 11.5. The van der Waals surface area contributed by atoms with Crippen LogP contribution in [0.2, 0.25) is 0 Å². The van der Waals surface area contributed by atoms with E-state index >= 15 is 0 Å². The summed E-state index contributed by atoms with van der Waals surface area (Å²) in [5.74, 6) is -0.367. The topological polar surface area (TPSA) is 49.4 Å². The number of aryl methyl sites for hydroxylation is 1. The van der Waals surface area contributed by atoms with Gasteiger partial charge in [0.1, 0.15) is 0 Å². The number of carbonyl (C=O) groups excluding carboxylic acids is 2. The molecule has 20 heavy (non-hydrogen) atoms. The molecule has 0 radical (unpaired) electrons. The number of amides is 2. The molecule has 1 aliphatic heterocycles. The van der Waals surface area contributed by atoms with Crippen LogP contribution in [0, 0.1) is 18.8 Å². The van der Waals surface area contributed by atoms with E-state index in [0.29, 0.717) is 12.8 Å². The molecule has 2 atom stereocenters. The molecule has 0 unspecified atom stereocenters. The minimum Gasteiger partial charge on any atom is -0.367 e. The van der Waals surface area contributed by atoms with E-state index in [4.69, 9.17) is 0 Å². The molecular formula is C16H18N2O2. The van der Waals surface area contributed by atoms with Crippen LogP contribution in [0.1, 0.15) is 18.4 Å². The van der Waals surface area contributed by atoms with Gasteiger partial charge >= 0.3 is 0 Å². The average molecular weight is 270 g/mol. The fraction of sp³-hybridized carbons (Fsp3) is 0.375. The van der Waals surface area contributed by atoms with E-state index in [1.807, 2.05) is 43.3 Å². The maximum atomic E-state index is 12.3. The Bertz CT molecular complexity index is 554. The summed E-state index contributed by atoms with van der Waals surface area (Å²) in [4.78, 5) is 25.9. The van der Waals surface area contributed by atoms with Crippen molar-refractivity contribution in [1.29, 1.82) is 0 Å². The van der Waals surface area contributed by atoms with Crippen molar-refractivity contribution in [2.45, 2.75) is 19.8 Å². The highest BCUT2D eigenvalue weighted by Gasteiger charge is 2.46. The van der Waals surface area contributed by atoms with Gasteiger partial charge in [-0.2, -0.15) is 0 Å². The van der Waals surface area contributed by atoms with E-state index in [1.54, 1.807) is 0 Å². The molecule has 1 heterocycles. The lowest BCUT2D eigenvalue weighted by Gasteiger charge is -2.17. The van der Waals surface area contributed by atoms with Gasteiger partial charge in [0.2, 0.25) is 11.8 Å². The van der Waals surface area contributed by atoms with Gasteiger partial charge in [0.15, 0.2) is 0 Å². The third-order valence-electron chi connectivity index (χ3n) is 4.17. The van der Waals surface area contributed by atoms with Gasteiger partial charge in [-0.05, 0) is 31.4 Å². The molecule has 2 amide bonds. The Morgan fingerprint density at radius 3 is 2.30 bits per heavy atom. The van der Waals surface area contributed by atoms with Gasteiger partial charge in [-0.3, -0.25) is 14.5 Å². The number of fused-ring (bicyclic) bond motifs is 1. The Hall–Kier alpha value is -2.10. The molecule has 1 fully saturated rings. The highest BCUT2D eigenvalue weighted by Crippen LogP contribution is 2.34. The van der Waals surface area contributed by atoms with Gasteiger partial charge in [-0.15, -0.1) is 0 Å². The SMILES string of the molecule is Cc1ccccc1NCN1C(=O)[C@@H]2CC=CC[C@H]2C1=O. The predicted octanol–water partition coefficient (Wildman–Crippen LogP) is 2.32. The van der Waals surface area contributed by atoms with Crippen molar-refractivity contribution in [2.75, 3.05) is 12.0 Å². The number of imide groups is 1. The van der Waals surface area contributed by atoms with Crippen molar-refractivity contribution in [2.24, 2.45) is 11.8 Å². The fourth-order valence-corrected chi connectivity index (χ4v) is 2.96. The van der Waals surface area contributed by atoms with E-state index in [-0.39, 0.29) is 30.3 Å². The largest absolute Gasteiger partial charge is 0.367 e. The maximum Gasteiger partial charge on any atom is 0.234 e. The van der Waals surface area contributed by atoms with E-state index in [2.05, 4.69) is 5.32 Å². The van der Waals surface area contributed by atoms with Crippen molar-refractivity contribution >= 4 is 17.5 Å². The number of anilines is 1. The molecule has 0 bridgehead atoms. The highest BCUT2D eigenvalue weighted by molar-refractivity contribution is 6.05. The summed E-state index contributed by atoms with van der Waals surface area (Å²) in [5, 5.41) is 3.19. The Balaban J connectivity index is 1.71. The standard InChI is InChI=1S/C16H18N2O2/c1-11-6-2-5-9-14(11)17-10-18-15(19)12-7-3-4-8-13(12)16(18)20/h2-6,9,12-13,17H,7-8,10H2,1H3/t12-,13-/m1/s1. The molecule has 1 N–H and O–H groups in total. The summed E-state index contributed by atoms with van der Waals surface area (Å²) >= 11 is 0. The van der Waals surface area contributed by atoms with E-state index < -0.39 is 0 Å².